The lowest BCUT2D eigenvalue weighted by molar-refractivity contribution is -0.0462. The van der Waals surface area contributed by atoms with Gasteiger partial charge in [0.1, 0.15) is 0 Å². The van der Waals surface area contributed by atoms with Gasteiger partial charge in [0.25, 0.3) is 0 Å². The van der Waals surface area contributed by atoms with E-state index in [4.69, 9.17) is 9.47 Å². The minimum absolute atomic E-state index is 0.123. The fraction of sp³-hybridized carbons (Fsp3) is 0.789. The van der Waals surface area contributed by atoms with Gasteiger partial charge in [0.15, 0.2) is 0 Å². The van der Waals surface area contributed by atoms with Crippen LogP contribution in [0, 0.1) is 0 Å². The Balaban J connectivity index is 3.71. The molecule has 0 aliphatic rings. The van der Waals surface area contributed by atoms with Crippen LogP contribution in [-0.4, -0.2) is 15.8 Å². The first-order valence-corrected chi connectivity index (χ1v) is 10.8. The van der Waals surface area contributed by atoms with Crippen LogP contribution in [0.15, 0.2) is 24.7 Å². The van der Waals surface area contributed by atoms with Crippen molar-refractivity contribution in [1.29, 1.82) is 0 Å². The zero-order valence-corrected chi connectivity index (χ0v) is 16.0. The Labute approximate surface area is 141 Å². The molecule has 3 heteroatoms. The highest BCUT2D eigenvalue weighted by molar-refractivity contribution is 6.33. The summed E-state index contributed by atoms with van der Waals surface area (Å²) in [4.78, 5) is 0. The first-order chi connectivity index (χ1) is 10.8. The maximum absolute atomic E-state index is 5.69. The van der Waals surface area contributed by atoms with Crippen molar-refractivity contribution in [2.75, 3.05) is 0 Å². The minimum atomic E-state index is -0.123. The normalized spacial score (nSPS) is 13.0. The van der Waals surface area contributed by atoms with E-state index in [9.17, 15) is 0 Å². The average molecular weight is 325 g/mol. The fourth-order valence-corrected chi connectivity index (χ4v) is 2.62. The summed E-state index contributed by atoms with van der Waals surface area (Å²) in [6.45, 7) is 6.66. The Hall–Kier alpha value is -0.703. The van der Waals surface area contributed by atoms with Crippen molar-refractivity contribution >= 4 is 9.52 Å². The van der Waals surface area contributed by atoms with Crippen molar-refractivity contribution in [3.05, 3.63) is 24.7 Å². The highest BCUT2D eigenvalue weighted by atomic mass is 28.2. The van der Waals surface area contributed by atoms with Crippen LogP contribution in [0.4, 0.5) is 0 Å². The Bertz CT molecular complexity index is 240. The number of rotatable bonds is 16. The summed E-state index contributed by atoms with van der Waals surface area (Å²) in [6.07, 6.45) is 20.4. The van der Waals surface area contributed by atoms with Crippen molar-refractivity contribution in [3.8, 4) is 0 Å². The molecule has 0 amide bonds. The third kappa shape index (κ3) is 15.7. The average Bonchev–Trinajstić information content (AvgIpc) is 2.53. The SMILES string of the molecule is CCCCCCC=COC(C[Si]C)OC=CCCCCCC. The standard InChI is InChI=1S/C19H36O2Si/c1-4-6-8-10-12-14-16-20-19(18-22-3)21-17-15-13-11-9-7-5-2/h14-17,19H,4-13,18H2,1-3H3. The molecule has 0 aromatic rings. The molecule has 2 nitrogen and oxygen atoms in total. The second-order valence-corrected chi connectivity index (χ2v) is 6.82. The van der Waals surface area contributed by atoms with Gasteiger partial charge in [-0.2, -0.15) is 0 Å². The lowest BCUT2D eigenvalue weighted by Crippen LogP contribution is -2.12. The molecular weight excluding hydrogens is 288 g/mol. The lowest BCUT2D eigenvalue weighted by Gasteiger charge is -2.14. The van der Waals surface area contributed by atoms with Crippen LogP contribution in [0.2, 0.25) is 12.6 Å². The van der Waals surface area contributed by atoms with E-state index >= 15 is 0 Å². The summed E-state index contributed by atoms with van der Waals surface area (Å²) in [7, 11) is 0.844. The molecule has 0 N–H and O–H groups in total. The first kappa shape index (κ1) is 21.3. The second-order valence-electron chi connectivity index (χ2n) is 5.70. The topological polar surface area (TPSA) is 18.5 Å². The number of hydrogen-bond acceptors (Lipinski definition) is 2. The van der Waals surface area contributed by atoms with E-state index in [1.807, 2.05) is 12.5 Å². The molecule has 0 unspecified atom stereocenters. The third-order valence-corrected chi connectivity index (χ3v) is 4.21. The van der Waals surface area contributed by atoms with Gasteiger partial charge in [-0.25, -0.2) is 0 Å². The molecule has 0 fully saturated rings. The Morgan fingerprint density at radius 2 is 1.27 bits per heavy atom. The molecule has 128 valence electrons. The molecule has 0 aliphatic heterocycles. The number of unbranched alkanes of at least 4 members (excludes halogenated alkanes) is 8. The highest BCUT2D eigenvalue weighted by Gasteiger charge is 2.05. The highest BCUT2D eigenvalue weighted by Crippen LogP contribution is 2.07. The molecule has 0 rings (SSSR count). The smallest absolute Gasteiger partial charge is 0.236 e. The van der Waals surface area contributed by atoms with E-state index in [2.05, 4.69) is 32.5 Å². The largest absolute Gasteiger partial charge is 0.463 e. The van der Waals surface area contributed by atoms with Crippen LogP contribution in [0.3, 0.4) is 0 Å². The van der Waals surface area contributed by atoms with Crippen molar-refractivity contribution < 1.29 is 9.47 Å². The van der Waals surface area contributed by atoms with Crippen molar-refractivity contribution in [2.24, 2.45) is 0 Å². The summed E-state index contributed by atoms with van der Waals surface area (Å²) in [6, 6.07) is 0.959. The maximum Gasteiger partial charge on any atom is 0.236 e. The Morgan fingerprint density at radius 1 is 0.773 bits per heavy atom. The van der Waals surface area contributed by atoms with Gasteiger partial charge >= 0.3 is 0 Å². The van der Waals surface area contributed by atoms with E-state index < -0.39 is 0 Å². The van der Waals surface area contributed by atoms with Gasteiger partial charge in [0.05, 0.1) is 12.5 Å². The molecule has 0 saturated heterocycles. The summed E-state index contributed by atoms with van der Waals surface area (Å²) in [5, 5.41) is 0. The van der Waals surface area contributed by atoms with Crippen LogP contribution < -0.4 is 0 Å². The number of hydrogen-bond donors (Lipinski definition) is 0. The van der Waals surface area contributed by atoms with Crippen LogP contribution >= 0.6 is 0 Å². The molecule has 0 atom stereocenters. The molecule has 0 aliphatic carbocycles. The van der Waals surface area contributed by atoms with Crippen LogP contribution in [0.5, 0.6) is 0 Å². The molecule has 0 saturated carbocycles. The van der Waals surface area contributed by atoms with Gasteiger partial charge in [-0.3, -0.25) is 0 Å². The Kier molecular flexibility index (Phi) is 17.8. The van der Waals surface area contributed by atoms with Crippen molar-refractivity contribution in [3.63, 3.8) is 0 Å². The zero-order valence-electron chi connectivity index (χ0n) is 15.0. The molecule has 0 heterocycles. The van der Waals surface area contributed by atoms with Gasteiger partial charge in [-0.15, -0.1) is 0 Å². The zero-order chi connectivity index (χ0) is 16.3. The predicted molar refractivity (Wildman–Crippen MR) is 98.2 cm³/mol. The molecule has 0 aromatic heterocycles. The maximum atomic E-state index is 5.69. The number of ether oxygens (including phenoxy) is 2. The van der Waals surface area contributed by atoms with Crippen molar-refractivity contribution in [1.82, 2.24) is 0 Å². The Morgan fingerprint density at radius 3 is 1.68 bits per heavy atom. The van der Waals surface area contributed by atoms with E-state index in [0.717, 1.165) is 28.4 Å². The van der Waals surface area contributed by atoms with Gasteiger partial charge < -0.3 is 9.47 Å². The van der Waals surface area contributed by atoms with E-state index in [1.54, 1.807) is 0 Å². The molecule has 22 heavy (non-hydrogen) atoms. The van der Waals surface area contributed by atoms with E-state index in [-0.39, 0.29) is 6.29 Å². The third-order valence-electron chi connectivity index (χ3n) is 3.47. The summed E-state index contributed by atoms with van der Waals surface area (Å²) >= 11 is 0. The molecule has 2 radical (unpaired) electrons. The molecular formula is C19H36O2Si. The predicted octanol–water partition coefficient (Wildman–Crippen LogP) is 6.48. The van der Waals surface area contributed by atoms with Crippen LogP contribution in [-0.2, 0) is 9.47 Å². The number of allylic oxidation sites excluding steroid dienone is 2. The van der Waals surface area contributed by atoms with Gasteiger partial charge in [-0.1, -0.05) is 58.9 Å². The van der Waals surface area contributed by atoms with Crippen molar-refractivity contribution in [2.45, 2.75) is 96.9 Å². The minimum Gasteiger partial charge on any atom is -0.463 e. The molecule has 0 bridgehead atoms. The second kappa shape index (κ2) is 18.3. The van der Waals surface area contributed by atoms with Crippen LogP contribution in [0.25, 0.3) is 0 Å². The monoisotopic (exact) mass is 324 g/mol. The van der Waals surface area contributed by atoms with E-state index in [0.29, 0.717) is 0 Å². The summed E-state index contributed by atoms with van der Waals surface area (Å²) in [5.41, 5.74) is 0. The van der Waals surface area contributed by atoms with Gasteiger partial charge in [0, 0.05) is 15.6 Å². The quantitative estimate of drug-likeness (QED) is 0.140. The fourth-order valence-electron chi connectivity index (χ4n) is 2.10. The summed E-state index contributed by atoms with van der Waals surface area (Å²) < 4.78 is 11.4. The molecule has 0 spiro atoms. The summed E-state index contributed by atoms with van der Waals surface area (Å²) in [5.74, 6) is 0. The molecule has 0 aromatic carbocycles. The van der Waals surface area contributed by atoms with Gasteiger partial charge in [0.2, 0.25) is 6.29 Å². The van der Waals surface area contributed by atoms with Crippen LogP contribution in [0.1, 0.15) is 78.1 Å². The lowest BCUT2D eigenvalue weighted by atomic mass is 10.1. The van der Waals surface area contributed by atoms with Gasteiger partial charge in [-0.05, 0) is 37.8 Å². The van der Waals surface area contributed by atoms with E-state index in [1.165, 1.54) is 51.4 Å². The first-order valence-electron chi connectivity index (χ1n) is 9.10.